The lowest BCUT2D eigenvalue weighted by Gasteiger charge is -2.33. The van der Waals surface area contributed by atoms with Gasteiger partial charge in [0, 0.05) is 35.4 Å². The van der Waals surface area contributed by atoms with Crippen molar-refractivity contribution in [1.82, 2.24) is 4.90 Å². The van der Waals surface area contributed by atoms with E-state index in [9.17, 15) is 0 Å². The first-order chi connectivity index (χ1) is 8.51. The molecule has 1 unspecified atom stereocenters. The van der Waals surface area contributed by atoms with Gasteiger partial charge in [0.1, 0.15) is 0 Å². The minimum absolute atomic E-state index is 0.422. The molecule has 102 valence electrons. The van der Waals surface area contributed by atoms with Crippen molar-refractivity contribution in [1.29, 1.82) is 0 Å². The van der Waals surface area contributed by atoms with Crippen molar-refractivity contribution >= 4 is 28.9 Å². The zero-order valence-electron chi connectivity index (χ0n) is 11.6. The molecule has 0 aliphatic rings. The van der Waals surface area contributed by atoms with Crippen LogP contribution in [0.3, 0.4) is 0 Å². The summed E-state index contributed by atoms with van der Waals surface area (Å²) in [7, 11) is 4.18. The highest BCUT2D eigenvalue weighted by Crippen LogP contribution is 2.30. The predicted octanol–water partition coefficient (Wildman–Crippen LogP) is 3.86. The average molecular weight is 289 g/mol. The Balaban J connectivity index is 3.05. The molecule has 1 atom stereocenters. The summed E-state index contributed by atoms with van der Waals surface area (Å²) in [5.74, 6) is 0.445. The van der Waals surface area contributed by atoms with E-state index in [4.69, 9.17) is 23.2 Å². The second kappa shape index (κ2) is 7.22. The number of alkyl halides is 1. The van der Waals surface area contributed by atoms with Crippen molar-refractivity contribution in [3.63, 3.8) is 0 Å². The Morgan fingerprint density at radius 3 is 2.44 bits per heavy atom. The maximum atomic E-state index is 6.22. The Morgan fingerprint density at radius 1 is 1.28 bits per heavy atom. The van der Waals surface area contributed by atoms with Crippen LogP contribution in [0, 0.1) is 0 Å². The summed E-state index contributed by atoms with van der Waals surface area (Å²) in [6, 6.07) is 6.40. The summed E-state index contributed by atoms with van der Waals surface area (Å²) < 4.78 is 0. The number of nitrogens with zero attached hydrogens (tertiary/aromatic N) is 2. The van der Waals surface area contributed by atoms with Crippen LogP contribution < -0.4 is 4.90 Å². The van der Waals surface area contributed by atoms with Crippen molar-refractivity contribution in [2.24, 2.45) is 0 Å². The van der Waals surface area contributed by atoms with Crippen LogP contribution in [-0.4, -0.2) is 38.1 Å². The molecule has 0 aromatic heterocycles. The van der Waals surface area contributed by atoms with Crippen molar-refractivity contribution in [3.8, 4) is 0 Å². The van der Waals surface area contributed by atoms with E-state index in [2.05, 4.69) is 43.8 Å². The number of likely N-dealkylation sites (N-methyl/N-ethyl adjacent to an activating group) is 2. The van der Waals surface area contributed by atoms with Gasteiger partial charge in [0.25, 0.3) is 0 Å². The van der Waals surface area contributed by atoms with Gasteiger partial charge >= 0.3 is 0 Å². The second-order valence-corrected chi connectivity index (χ2v) is 5.44. The highest BCUT2D eigenvalue weighted by atomic mass is 35.5. The van der Waals surface area contributed by atoms with Gasteiger partial charge in [-0.3, -0.25) is 0 Å². The van der Waals surface area contributed by atoms with Gasteiger partial charge in [-0.05, 0) is 40.1 Å². The minimum atomic E-state index is 0.422. The molecule has 0 bridgehead atoms. The van der Waals surface area contributed by atoms with E-state index in [1.807, 2.05) is 12.1 Å². The first-order valence-electron chi connectivity index (χ1n) is 6.26. The molecule has 18 heavy (non-hydrogen) atoms. The molecule has 0 aliphatic carbocycles. The SMILES string of the molecule is CCN(c1cccc(Cl)c1CCl)C(C)CN(C)C. The van der Waals surface area contributed by atoms with Gasteiger partial charge in [-0.1, -0.05) is 17.7 Å². The quantitative estimate of drug-likeness (QED) is 0.734. The fraction of sp³-hybridized carbons (Fsp3) is 0.571. The Bertz CT molecular complexity index is 380. The van der Waals surface area contributed by atoms with Crippen LogP contribution in [0.4, 0.5) is 5.69 Å². The van der Waals surface area contributed by atoms with Gasteiger partial charge in [-0.15, -0.1) is 11.6 Å². The molecule has 0 N–H and O–H groups in total. The van der Waals surface area contributed by atoms with E-state index < -0.39 is 0 Å². The van der Waals surface area contributed by atoms with Crippen LogP contribution in [0.25, 0.3) is 0 Å². The summed E-state index contributed by atoms with van der Waals surface area (Å²) in [5.41, 5.74) is 2.17. The summed E-state index contributed by atoms with van der Waals surface area (Å²) in [5, 5.41) is 0.748. The third-order valence-corrected chi connectivity index (χ3v) is 3.66. The topological polar surface area (TPSA) is 6.48 Å². The predicted molar refractivity (Wildman–Crippen MR) is 82.0 cm³/mol. The van der Waals surface area contributed by atoms with Crippen molar-refractivity contribution in [2.75, 3.05) is 32.1 Å². The first-order valence-corrected chi connectivity index (χ1v) is 7.17. The van der Waals surface area contributed by atoms with Gasteiger partial charge in [0.05, 0.1) is 5.88 Å². The molecule has 0 saturated heterocycles. The molecule has 4 heteroatoms. The first kappa shape index (κ1) is 15.6. The number of benzene rings is 1. The van der Waals surface area contributed by atoms with Gasteiger partial charge < -0.3 is 9.80 Å². The van der Waals surface area contributed by atoms with Crippen LogP contribution >= 0.6 is 23.2 Å². The monoisotopic (exact) mass is 288 g/mol. The van der Waals surface area contributed by atoms with Crippen LogP contribution in [-0.2, 0) is 5.88 Å². The normalized spacial score (nSPS) is 12.8. The molecule has 0 fully saturated rings. The number of halogens is 2. The lowest BCUT2D eigenvalue weighted by molar-refractivity contribution is 0.373. The lowest BCUT2D eigenvalue weighted by atomic mass is 10.1. The van der Waals surface area contributed by atoms with Crippen molar-refractivity contribution in [3.05, 3.63) is 28.8 Å². The van der Waals surface area contributed by atoms with Gasteiger partial charge in [0.2, 0.25) is 0 Å². The second-order valence-electron chi connectivity index (χ2n) is 4.77. The molecular weight excluding hydrogens is 267 g/mol. The Kier molecular flexibility index (Phi) is 6.27. The fourth-order valence-electron chi connectivity index (χ4n) is 2.30. The third kappa shape index (κ3) is 3.78. The molecular formula is C14H22Cl2N2. The molecule has 0 amide bonds. The highest BCUT2D eigenvalue weighted by Gasteiger charge is 2.17. The average Bonchev–Trinajstić information content (AvgIpc) is 2.29. The molecule has 0 radical (unpaired) electrons. The fourth-order valence-corrected chi connectivity index (χ4v) is 2.88. The summed E-state index contributed by atoms with van der Waals surface area (Å²) >= 11 is 12.2. The number of anilines is 1. The van der Waals surface area contributed by atoms with E-state index in [1.54, 1.807) is 0 Å². The van der Waals surface area contributed by atoms with E-state index in [0.29, 0.717) is 11.9 Å². The molecule has 0 spiro atoms. The van der Waals surface area contributed by atoms with Crippen LogP contribution in [0.5, 0.6) is 0 Å². The molecule has 0 heterocycles. The van der Waals surface area contributed by atoms with Crippen LogP contribution in [0.1, 0.15) is 19.4 Å². The van der Waals surface area contributed by atoms with E-state index in [-0.39, 0.29) is 0 Å². The Labute approximate surface area is 120 Å². The maximum Gasteiger partial charge on any atom is 0.0509 e. The van der Waals surface area contributed by atoms with Crippen LogP contribution in [0.15, 0.2) is 18.2 Å². The van der Waals surface area contributed by atoms with Gasteiger partial charge in [0.15, 0.2) is 0 Å². The zero-order chi connectivity index (χ0) is 13.7. The number of hydrogen-bond donors (Lipinski definition) is 0. The standard InChI is InChI=1S/C14H22Cl2N2/c1-5-18(11(2)10-17(3)4)14-8-6-7-13(16)12(14)9-15/h6-8,11H,5,9-10H2,1-4H3. The Morgan fingerprint density at radius 2 is 1.94 bits per heavy atom. The molecule has 1 aromatic carbocycles. The highest BCUT2D eigenvalue weighted by molar-refractivity contribution is 6.32. The summed E-state index contributed by atoms with van der Waals surface area (Å²) in [6.45, 7) is 6.33. The van der Waals surface area contributed by atoms with Crippen molar-refractivity contribution in [2.45, 2.75) is 25.8 Å². The third-order valence-electron chi connectivity index (χ3n) is 3.04. The molecule has 0 aliphatic heterocycles. The molecule has 2 nitrogen and oxygen atoms in total. The van der Waals surface area contributed by atoms with Crippen molar-refractivity contribution < 1.29 is 0 Å². The molecule has 1 aromatic rings. The van der Waals surface area contributed by atoms with E-state index >= 15 is 0 Å². The van der Waals surface area contributed by atoms with E-state index in [0.717, 1.165) is 29.4 Å². The smallest absolute Gasteiger partial charge is 0.0509 e. The number of hydrogen-bond acceptors (Lipinski definition) is 2. The number of rotatable bonds is 6. The van der Waals surface area contributed by atoms with Gasteiger partial charge in [-0.25, -0.2) is 0 Å². The largest absolute Gasteiger partial charge is 0.368 e. The summed E-state index contributed by atoms with van der Waals surface area (Å²) in [4.78, 5) is 4.54. The molecule has 0 saturated carbocycles. The molecule has 1 rings (SSSR count). The van der Waals surface area contributed by atoms with Crippen LogP contribution in [0.2, 0.25) is 5.02 Å². The van der Waals surface area contributed by atoms with Gasteiger partial charge in [-0.2, -0.15) is 0 Å². The minimum Gasteiger partial charge on any atom is -0.368 e. The zero-order valence-corrected chi connectivity index (χ0v) is 13.1. The Hall–Kier alpha value is -0.440. The lowest BCUT2D eigenvalue weighted by Crippen LogP contribution is -2.40. The van der Waals surface area contributed by atoms with E-state index in [1.165, 1.54) is 0 Å². The maximum absolute atomic E-state index is 6.22. The summed E-state index contributed by atoms with van der Waals surface area (Å²) in [6.07, 6.45) is 0.